The summed E-state index contributed by atoms with van der Waals surface area (Å²) in [5, 5.41) is 4.03. The topological polar surface area (TPSA) is 100 Å². The number of aryl methyl sites for hydroxylation is 1. The second kappa shape index (κ2) is 6.54. The van der Waals surface area contributed by atoms with Crippen molar-refractivity contribution in [1.82, 2.24) is 34.5 Å². The molecule has 2 aromatic heterocycles. The van der Waals surface area contributed by atoms with Crippen molar-refractivity contribution in [3.8, 4) is 0 Å². The number of nitrogens with zero attached hydrogens (tertiary/aromatic N) is 6. The number of piperidine rings is 1. The Kier molecular flexibility index (Phi) is 4.21. The molecule has 0 bridgehead atoms. The van der Waals surface area contributed by atoms with Gasteiger partial charge in [0.2, 0.25) is 11.8 Å². The van der Waals surface area contributed by atoms with E-state index in [1.165, 1.54) is 6.33 Å². The minimum atomic E-state index is -0.387. The molecule has 0 saturated carbocycles. The molecular weight excluding hydrogens is 334 g/mol. The van der Waals surface area contributed by atoms with Gasteiger partial charge in [-0.15, -0.1) is 0 Å². The Morgan fingerprint density at radius 3 is 2.77 bits per heavy atom. The summed E-state index contributed by atoms with van der Waals surface area (Å²) in [6, 6.07) is 0. The van der Waals surface area contributed by atoms with Crippen LogP contribution in [0, 0.1) is 0 Å². The lowest BCUT2D eigenvalue weighted by Crippen LogP contribution is -2.58. The van der Waals surface area contributed by atoms with Crippen LogP contribution in [0.15, 0.2) is 19.0 Å². The van der Waals surface area contributed by atoms with Gasteiger partial charge in [0.05, 0.1) is 24.1 Å². The van der Waals surface area contributed by atoms with Crippen molar-refractivity contribution in [2.24, 2.45) is 0 Å². The molecule has 4 rings (SSSR count). The molecular formula is C17H23N7O2. The number of hydrogen-bond acceptors (Lipinski definition) is 5. The number of rotatable bonds is 3. The first-order valence-corrected chi connectivity index (χ1v) is 9.01. The fourth-order valence-corrected chi connectivity index (χ4v) is 4.29. The lowest BCUT2D eigenvalue weighted by molar-refractivity contribution is -0.142. The van der Waals surface area contributed by atoms with Gasteiger partial charge < -0.3 is 14.8 Å². The zero-order chi connectivity index (χ0) is 18.1. The Morgan fingerprint density at radius 2 is 2.08 bits per heavy atom. The van der Waals surface area contributed by atoms with E-state index in [-0.39, 0.29) is 17.4 Å². The molecule has 2 amide bonds. The molecule has 1 fully saturated rings. The number of nitrogens with one attached hydrogen (secondary N) is 1. The van der Waals surface area contributed by atoms with Gasteiger partial charge in [-0.3, -0.25) is 14.3 Å². The predicted octanol–water partition coefficient (Wildman–Crippen LogP) is 0.314. The Morgan fingerprint density at radius 1 is 1.27 bits per heavy atom. The molecule has 1 saturated heterocycles. The molecule has 0 unspecified atom stereocenters. The number of likely N-dealkylation sites (tertiary alicyclic amines) is 1. The Bertz CT molecular complexity index is 790. The Balaban J connectivity index is 1.46. The summed E-state index contributed by atoms with van der Waals surface area (Å²) >= 11 is 0. The number of imidazole rings is 1. The van der Waals surface area contributed by atoms with Crippen LogP contribution in [0.25, 0.3) is 0 Å². The van der Waals surface area contributed by atoms with E-state index in [0.29, 0.717) is 32.6 Å². The largest absolute Gasteiger partial charge is 0.348 e. The highest BCUT2D eigenvalue weighted by Crippen LogP contribution is 2.42. The molecule has 0 atom stereocenters. The summed E-state index contributed by atoms with van der Waals surface area (Å²) in [6.45, 7) is 4.11. The van der Waals surface area contributed by atoms with Crippen LogP contribution in [-0.2, 0) is 28.1 Å². The fraction of sp³-hybridized carbons (Fsp3) is 0.588. The van der Waals surface area contributed by atoms with E-state index in [1.807, 2.05) is 9.80 Å². The normalized spacial score (nSPS) is 18.8. The highest BCUT2D eigenvalue weighted by atomic mass is 16.2. The molecule has 26 heavy (non-hydrogen) atoms. The van der Waals surface area contributed by atoms with Crippen molar-refractivity contribution < 1.29 is 9.59 Å². The van der Waals surface area contributed by atoms with Crippen LogP contribution < -0.4 is 0 Å². The third-order valence-electron chi connectivity index (χ3n) is 5.61. The third-order valence-corrected chi connectivity index (χ3v) is 5.61. The average Bonchev–Trinajstić information content (AvgIpc) is 3.32. The maximum atomic E-state index is 12.5. The lowest BCUT2D eigenvalue weighted by Gasteiger charge is -2.50. The molecule has 9 nitrogen and oxygen atoms in total. The van der Waals surface area contributed by atoms with Gasteiger partial charge in [0.1, 0.15) is 12.7 Å². The second-order valence-corrected chi connectivity index (χ2v) is 6.97. The monoisotopic (exact) mass is 357 g/mol. The van der Waals surface area contributed by atoms with Gasteiger partial charge in [0, 0.05) is 45.1 Å². The number of fused-ring (bicyclic) bond motifs is 2. The summed E-state index contributed by atoms with van der Waals surface area (Å²) < 4.78 is 1.66. The second-order valence-electron chi connectivity index (χ2n) is 6.97. The summed E-state index contributed by atoms with van der Waals surface area (Å²) in [5.41, 5.74) is 1.71. The molecule has 2 aliphatic heterocycles. The van der Waals surface area contributed by atoms with E-state index in [4.69, 9.17) is 0 Å². The predicted molar refractivity (Wildman–Crippen MR) is 91.8 cm³/mol. The number of carbonyl (C=O) groups is 2. The number of carbonyl (C=O) groups excluding carboxylic acids is 2. The molecule has 2 aliphatic rings. The molecule has 0 aromatic carbocycles. The minimum absolute atomic E-state index is 0.0737. The zero-order valence-electron chi connectivity index (χ0n) is 14.9. The van der Waals surface area contributed by atoms with E-state index in [0.717, 1.165) is 30.7 Å². The standard InChI is InChI=1S/C17H23N7O2/c1-13(25)24-7-2-14-16(20-11-19-14)17(24)4-8-22(9-5-17)15(26)3-6-23-12-18-10-21-23/h10-12H,2-9H2,1H3,(H,19,20). The molecule has 2 aromatic rings. The van der Waals surface area contributed by atoms with Crippen LogP contribution in [-0.4, -0.2) is 66.0 Å². The van der Waals surface area contributed by atoms with Crippen LogP contribution >= 0.6 is 0 Å². The average molecular weight is 357 g/mol. The molecule has 1 spiro atoms. The first kappa shape index (κ1) is 16.7. The number of aromatic amines is 1. The Hall–Kier alpha value is -2.71. The lowest BCUT2D eigenvalue weighted by atomic mass is 9.78. The van der Waals surface area contributed by atoms with Crippen LogP contribution in [0.3, 0.4) is 0 Å². The maximum Gasteiger partial charge on any atom is 0.224 e. The van der Waals surface area contributed by atoms with Crippen molar-refractivity contribution in [3.05, 3.63) is 30.4 Å². The highest BCUT2D eigenvalue weighted by Gasteiger charge is 2.48. The summed E-state index contributed by atoms with van der Waals surface area (Å²) in [7, 11) is 0. The Labute approximate surface area is 151 Å². The molecule has 9 heteroatoms. The third kappa shape index (κ3) is 2.77. The van der Waals surface area contributed by atoms with Gasteiger partial charge in [0.25, 0.3) is 0 Å². The van der Waals surface area contributed by atoms with Gasteiger partial charge in [-0.1, -0.05) is 0 Å². The van der Waals surface area contributed by atoms with Crippen LogP contribution in [0.2, 0.25) is 0 Å². The number of H-pyrrole nitrogens is 1. The summed E-state index contributed by atoms with van der Waals surface area (Å²) in [6.07, 6.45) is 7.45. The van der Waals surface area contributed by atoms with E-state index in [9.17, 15) is 9.59 Å². The number of hydrogen-bond donors (Lipinski definition) is 1. The first-order chi connectivity index (χ1) is 12.6. The van der Waals surface area contributed by atoms with Gasteiger partial charge in [-0.2, -0.15) is 5.10 Å². The van der Waals surface area contributed by atoms with Crippen molar-refractivity contribution in [3.63, 3.8) is 0 Å². The van der Waals surface area contributed by atoms with Crippen molar-refractivity contribution in [2.45, 2.75) is 44.7 Å². The van der Waals surface area contributed by atoms with Gasteiger partial charge in [-0.05, 0) is 12.8 Å². The van der Waals surface area contributed by atoms with Crippen molar-refractivity contribution in [1.29, 1.82) is 0 Å². The van der Waals surface area contributed by atoms with Gasteiger partial charge >= 0.3 is 0 Å². The molecule has 1 N–H and O–H groups in total. The maximum absolute atomic E-state index is 12.5. The molecule has 138 valence electrons. The van der Waals surface area contributed by atoms with Gasteiger partial charge in [0.15, 0.2) is 0 Å². The molecule has 0 radical (unpaired) electrons. The number of amides is 2. The van der Waals surface area contributed by atoms with Crippen molar-refractivity contribution >= 4 is 11.8 Å². The molecule has 4 heterocycles. The summed E-state index contributed by atoms with van der Waals surface area (Å²) in [5.74, 6) is 0.187. The SMILES string of the molecule is CC(=O)N1CCc2[nH]cnc2C12CCN(C(=O)CCn1cncn1)CC2. The zero-order valence-corrected chi connectivity index (χ0v) is 14.9. The quantitative estimate of drug-likeness (QED) is 0.852. The van der Waals surface area contributed by atoms with Crippen LogP contribution in [0.1, 0.15) is 37.6 Å². The number of aromatic nitrogens is 5. The van der Waals surface area contributed by atoms with Crippen LogP contribution in [0.5, 0.6) is 0 Å². The van der Waals surface area contributed by atoms with E-state index in [2.05, 4.69) is 20.1 Å². The van der Waals surface area contributed by atoms with E-state index >= 15 is 0 Å². The van der Waals surface area contributed by atoms with Crippen LogP contribution in [0.4, 0.5) is 0 Å². The van der Waals surface area contributed by atoms with Crippen molar-refractivity contribution in [2.75, 3.05) is 19.6 Å². The summed E-state index contributed by atoms with van der Waals surface area (Å²) in [4.78, 5) is 40.3. The smallest absolute Gasteiger partial charge is 0.224 e. The molecule has 0 aliphatic carbocycles. The van der Waals surface area contributed by atoms with E-state index < -0.39 is 0 Å². The highest BCUT2D eigenvalue weighted by molar-refractivity contribution is 5.77. The first-order valence-electron chi connectivity index (χ1n) is 9.01. The van der Waals surface area contributed by atoms with Gasteiger partial charge in [-0.25, -0.2) is 9.97 Å². The minimum Gasteiger partial charge on any atom is -0.348 e. The fourth-order valence-electron chi connectivity index (χ4n) is 4.29. The van der Waals surface area contributed by atoms with E-state index in [1.54, 1.807) is 24.3 Å².